The highest BCUT2D eigenvalue weighted by atomic mass is 32.2. The molecule has 2 amide bonds. The summed E-state index contributed by atoms with van der Waals surface area (Å²) in [5.41, 5.74) is 3.94. The summed E-state index contributed by atoms with van der Waals surface area (Å²) < 4.78 is 28.9. The first-order valence-corrected chi connectivity index (χ1v) is 14.1. The monoisotopic (exact) mass is 535 g/mol. The molecule has 8 heteroatoms. The number of sulfonamides is 1. The molecule has 1 atom stereocenters. The van der Waals surface area contributed by atoms with Crippen molar-refractivity contribution in [2.45, 2.75) is 65.1 Å². The lowest BCUT2D eigenvalue weighted by molar-refractivity contribution is -0.139. The molecule has 0 bridgehead atoms. The maximum absolute atomic E-state index is 13.9. The molecule has 0 aromatic heterocycles. The lowest BCUT2D eigenvalue weighted by Gasteiger charge is -2.33. The second-order valence-corrected chi connectivity index (χ2v) is 11.8. The van der Waals surface area contributed by atoms with Crippen LogP contribution in [-0.4, -0.2) is 43.8 Å². The number of nitrogens with zero attached hydrogens (tertiary/aromatic N) is 2. The number of amides is 2. The summed E-state index contributed by atoms with van der Waals surface area (Å²) in [7, 11) is -4.08. The number of anilines is 1. The molecule has 0 saturated heterocycles. The number of carbonyl (C=O) groups is 2. The first-order chi connectivity index (χ1) is 17.9. The largest absolute Gasteiger partial charge is 0.352 e. The molecule has 0 spiro atoms. The van der Waals surface area contributed by atoms with Gasteiger partial charge in [0, 0.05) is 12.6 Å². The van der Waals surface area contributed by atoms with Crippen LogP contribution in [0, 0.1) is 20.8 Å². The fraction of sp³-hybridized carbons (Fsp3) is 0.333. The Bertz CT molecular complexity index is 1370. The summed E-state index contributed by atoms with van der Waals surface area (Å²) in [6.07, 6.45) is 0. The van der Waals surface area contributed by atoms with Crippen LogP contribution >= 0.6 is 0 Å². The molecule has 38 heavy (non-hydrogen) atoms. The van der Waals surface area contributed by atoms with Crippen molar-refractivity contribution in [3.63, 3.8) is 0 Å². The number of aryl methyl sites for hydroxylation is 3. The van der Waals surface area contributed by atoms with E-state index in [2.05, 4.69) is 5.32 Å². The predicted molar refractivity (Wildman–Crippen MR) is 151 cm³/mol. The van der Waals surface area contributed by atoms with Crippen molar-refractivity contribution in [3.05, 3.63) is 95.1 Å². The number of nitrogens with one attached hydrogen (secondary N) is 1. The van der Waals surface area contributed by atoms with Gasteiger partial charge in [0.25, 0.3) is 10.0 Å². The predicted octanol–water partition coefficient (Wildman–Crippen LogP) is 4.75. The third-order valence-electron chi connectivity index (χ3n) is 6.32. The molecule has 0 aliphatic heterocycles. The molecule has 0 radical (unpaired) electrons. The minimum Gasteiger partial charge on any atom is -0.352 e. The summed E-state index contributed by atoms with van der Waals surface area (Å²) in [4.78, 5) is 28.5. The number of hydrogen-bond acceptors (Lipinski definition) is 4. The molecule has 0 aliphatic rings. The topological polar surface area (TPSA) is 86.8 Å². The Kier molecular flexibility index (Phi) is 9.33. The molecule has 0 unspecified atom stereocenters. The highest BCUT2D eigenvalue weighted by Gasteiger charge is 2.33. The van der Waals surface area contributed by atoms with Crippen LogP contribution in [0.5, 0.6) is 0 Å². The van der Waals surface area contributed by atoms with Crippen LogP contribution in [0.4, 0.5) is 5.69 Å². The Morgan fingerprint density at radius 1 is 0.842 bits per heavy atom. The van der Waals surface area contributed by atoms with E-state index < -0.39 is 28.5 Å². The van der Waals surface area contributed by atoms with Crippen molar-refractivity contribution in [1.29, 1.82) is 0 Å². The molecular formula is C30H37N3O4S. The number of benzene rings is 3. The summed E-state index contributed by atoms with van der Waals surface area (Å²) in [6.45, 7) is 10.7. The zero-order valence-electron chi connectivity index (χ0n) is 22.9. The maximum atomic E-state index is 13.9. The standard InChI is InChI=1S/C30H37N3O4S/c1-21(2)31-30(35)25(6)32(19-26-16-13-22(3)14-17-26)29(34)20-33(28-18-23(4)12-15-24(28)5)38(36,37)27-10-8-7-9-11-27/h7-18,21,25H,19-20H2,1-6H3,(H,31,35)/t25-/m1/s1. The molecule has 1 N–H and O–H groups in total. The van der Waals surface area contributed by atoms with E-state index in [0.29, 0.717) is 5.69 Å². The van der Waals surface area contributed by atoms with Crippen LogP contribution < -0.4 is 9.62 Å². The van der Waals surface area contributed by atoms with E-state index in [0.717, 1.165) is 26.6 Å². The van der Waals surface area contributed by atoms with Crippen LogP contribution in [0.2, 0.25) is 0 Å². The second kappa shape index (κ2) is 12.3. The van der Waals surface area contributed by atoms with E-state index in [4.69, 9.17) is 0 Å². The molecule has 7 nitrogen and oxygen atoms in total. The number of rotatable bonds is 10. The maximum Gasteiger partial charge on any atom is 0.264 e. The number of hydrogen-bond donors (Lipinski definition) is 1. The fourth-order valence-corrected chi connectivity index (χ4v) is 5.59. The summed E-state index contributed by atoms with van der Waals surface area (Å²) in [6, 6.07) is 20.4. The van der Waals surface area contributed by atoms with Crippen molar-refractivity contribution >= 4 is 27.5 Å². The Hall–Kier alpha value is -3.65. The zero-order valence-corrected chi connectivity index (χ0v) is 23.7. The van der Waals surface area contributed by atoms with Crippen molar-refractivity contribution < 1.29 is 18.0 Å². The Morgan fingerprint density at radius 3 is 2.05 bits per heavy atom. The Morgan fingerprint density at radius 2 is 1.45 bits per heavy atom. The van der Waals surface area contributed by atoms with Gasteiger partial charge >= 0.3 is 0 Å². The molecule has 0 fully saturated rings. The van der Waals surface area contributed by atoms with Gasteiger partial charge in [-0.3, -0.25) is 13.9 Å². The van der Waals surface area contributed by atoms with Gasteiger partial charge in [-0.2, -0.15) is 0 Å². The zero-order chi connectivity index (χ0) is 28.0. The molecule has 0 saturated carbocycles. The quantitative estimate of drug-likeness (QED) is 0.406. The minimum absolute atomic E-state index is 0.0874. The third kappa shape index (κ3) is 7.01. The average molecular weight is 536 g/mol. The van der Waals surface area contributed by atoms with Gasteiger partial charge in [-0.05, 0) is 76.4 Å². The fourth-order valence-electron chi connectivity index (χ4n) is 4.10. The summed E-state index contributed by atoms with van der Waals surface area (Å²) in [5, 5.41) is 2.87. The van der Waals surface area contributed by atoms with Gasteiger partial charge in [-0.25, -0.2) is 8.42 Å². The van der Waals surface area contributed by atoms with E-state index >= 15 is 0 Å². The smallest absolute Gasteiger partial charge is 0.264 e. The molecule has 3 aromatic carbocycles. The highest BCUT2D eigenvalue weighted by molar-refractivity contribution is 7.92. The van der Waals surface area contributed by atoms with Crippen LogP contribution in [0.25, 0.3) is 0 Å². The normalized spacial score (nSPS) is 12.2. The van der Waals surface area contributed by atoms with Gasteiger partial charge in [-0.15, -0.1) is 0 Å². The number of carbonyl (C=O) groups excluding carboxylic acids is 2. The van der Waals surface area contributed by atoms with Crippen molar-refractivity contribution in [1.82, 2.24) is 10.2 Å². The van der Waals surface area contributed by atoms with E-state index in [-0.39, 0.29) is 23.4 Å². The van der Waals surface area contributed by atoms with Crippen LogP contribution in [0.1, 0.15) is 43.0 Å². The summed E-state index contributed by atoms with van der Waals surface area (Å²) >= 11 is 0. The molecule has 0 heterocycles. The van der Waals surface area contributed by atoms with E-state index in [1.165, 1.54) is 17.0 Å². The molecule has 3 rings (SSSR count). The van der Waals surface area contributed by atoms with Crippen molar-refractivity contribution in [2.24, 2.45) is 0 Å². The van der Waals surface area contributed by atoms with Crippen LogP contribution in [-0.2, 0) is 26.2 Å². The third-order valence-corrected chi connectivity index (χ3v) is 8.09. The first-order valence-electron chi connectivity index (χ1n) is 12.7. The SMILES string of the molecule is Cc1ccc(CN(C(=O)CN(c2cc(C)ccc2C)S(=O)(=O)c2ccccc2)[C@H](C)C(=O)NC(C)C)cc1. The lowest BCUT2D eigenvalue weighted by atomic mass is 10.1. The molecule has 3 aromatic rings. The van der Waals surface area contributed by atoms with Gasteiger partial charge in [-0.1, -0.05) is 60.2 Å². The van der Waals surface area contributed by atoms with Gasteiger partial charge in [0.15, 0.2) is 0 Å². The Balaban J connectivity index is 2.06. The van der Waals surface area contributed by atoms with Crippen molar-refractivity contribution in [2.75, 3.05) is 10.8 Å². The lowest BCUT2D eigenvalue weighted by Crippen LogP contribution is -2.52. The Labute approximate surface area is 226 Å². The van der Waals surface area contributed by atoms with Gasteiger partial charge in [0.05, 0.1) is 10.6 Å². The van der Waals surface area contributed by atoms with Crippen LogP contribution in [0.3, 0.4) is 0 Å². The van der Waals surface area contributed by atoms with Gasteiger partial charge < -0.3 is 10.2 Å². The molecular weight excluding hydrogens is 498 g/mol. The minimum atomic E-state index is -4.08. The summed E-state index contributed by atoms with van der Waals surface area (Å²) in [5.74, 6) is -0.776. The van der Waals surface area contributed by atoms with E-state index in [1.54, 1.807) is 31.2 Å². The van der Waals surface area contributed by atoms with E-state index in [9.17, 15) is 18.0 Å². The highest BCUT2D eigenvalue weighted by Crippen LogP contribution is 2.28. The first kappa shape index (κ1) is 28.9. The molecule has 202 valence electrons. The van der Waals surface area contributed by atoms with Gasteiger partial charge in [0.1, 0.15) is 12.6 Å². The second-order valence-electron chi connectivity index (χ2n) is 9.96. The van der Waals surface area contributed by atoms with E-state index in [1.807, 2.05) is 71.0 Å². The molecule has 0 aliphatic carbocycles. The van der Waals surface area contributed by atoms with Crippen molar-refractivity contribution in [3.8, 4) is 0 Å². The average Bonchev–Trinajstić information content (AvgIpc) is 2.88. The van der Waals surface area contributed by atoms with Gasteiger partial charge in [0.2, 0.25) is 11.8 Å². The van der Waals surface area contributed by atoms with Crippen LogP contribution in [0.15, 0.2) is 77.7 Å².